The Labute approximate surface area is 268 Å². The molecule has 0 bridgehead atoms. The summed E-state index contributed by atoms with van der Waals surface area (Å²) in [4.78, 5) is 39.2. The van der Waals surface area contributed by atoms with Gasteiger partial charge in [0.05, 0.1) is 5.75 Å². The number of fused-ring (bicyclic) bond motifs is 1. The monoisotopic (exact) mass is 667 g/mol. The van der Waals surface area contributed by atoms with Gasteiger partial charge in [0, 0.05) is 30.1 Å². The van der Waals surface area contributed by atoms with Crippen LogP contribution < -0.4 is 15.4 Å². The Balaban J connectivity index is 0.000000308. The Kier molecular flexibility index (Phi) is 15.4. The van der Waals surface area contributed by atoms with Crippen molar-refractivity contribution in [2.24, 2.45) is 5.92 Å². The van der Waals surface area contributed by atoms with E-state index in [0.717, 1.165) is 36.8 Å². The lowest BCUT2D eigenvalue weighted by Crippen LogP contribution is -2.53. The number of benzene rings is 2. The first kappa shape index (κ1) is 38.4. The van der Waals surface area contributed by atoms with Crippen molar-refractivity contribution in [1.82, 2.24) is 25.2 Å². The average Bonchev–Trinajstić information content (AvgIpc) is 3.44. The number of rotatable bonds is 12. The molecule has 2 atom stereocenters. The Hall–Kier alpha value is -3.75. The molecule has 1 aliphatic rings. The minimum absolute atomic E-state index is 0.0262. The third kappa shape index (κ3) is 11.9. The molecule has 14 heteroatoms. The Bertz CT molecular complexity index is 1490. The van der Waals surface area contributed by atoms with E-state index >= 15 is 0 Å². The molecule has 2 unspecified atom stereocenters. The van der Waals surface area contributed by atoms with Gasteiger partial charge in [0.25, 0.3) is 5.78 Å². The first-order valence-electron chi connectivity index (χ1n) is 15.2. The second-order valence-electron chi connectivity index (χ2n) is 10.6. The third-order valence-corrected chi connectivity index (χ3v) is 8.66. The van der Waals surface area contributed by atoms with Gasteiger partial charge in [-0.3, -0.25) is 14.4 Å². The number of H-pyrrole nitrogens is 1. The van der Waals surface area contributed by atoms with Gasteiger partial charge >= 0.3 is 6.18 Å². The SMILES string of the molecule is CC.CCNC(=O)C(NS(=O)(=O)Cc1ccccc1)C1CCN(C)CC1.O=CNC(Cc1c[nH]c2ccccc12)C(=O)C(F)(F)F. The second-order valence-corrected chi connectivity index (χ2v) is 12.4. The van der Waals surface area contributed by atoms with Crippen LogP contribution in [0.5, 0.6) is 0 Å². The van der Waals surface area contributed by atoms with Gasteiger partial charge in [-0.25, -0.2) is 13.1 Å². The number of piperidine rings is 1. The molecule has 0 aliphatic carbocycles. The summed E-state index contributed by atoms with van der Waals surface area (Å²) < 4.78 is 65.1. The maximum atomic E-state index is 12.5. The molecule has 1 aliphatic heterocycles. The van der Waals surface area contributed by atoms with Crippen LogP contribution in [0.25, 0.3) is 10.9 Å². The number of Topliss-reactive ketones (excluding diaryl/α,β-unsaturated/α-hetero) is 1. The van der Waals surface area contributed by atoms with E-state index in [2.05, 4.69) is 19.9 Å². The van der Waals surface area contributed by atoms with Crippen LogP contribution in [0.2, 0.25) is 0 Å². The van der Waals surface area contributed by atoms with E-state index in [1.165, 1.54) is 6.20 Å². The number of halogens is 3. The molecule has 1 saturated heterocycles. The summed E-state index contributed by atoms with van der Waals surface area (Å²) in [5, 5.41) is 5.41. The van der Waals surface area contributed by atoms with Crippen molar-refractivity contribution < 1.29 is 36.0 Å². The average molecular weight is 668 g/mol. The van der Waals surface area contributed by atoms with Crippen LogP contribution in [0.15, 0.2) is 60.8 Å². The number of hydrogen-bond acceptors (Lipinski definition) is 6. The fourth-order valence-corrected chi connectivity index (χ4v) is 6.47. The third-order valence-electron chi connectivity index (χ3n) is 7.34. The van der Waals surface area contributed by atoms with Crippen LogP contribution in [-0.4, -0.2) is 81.3 Å². The van der Waals surface area contributed by atoms with E-state index in [1.807, 2.05) is 51.3 Å². The number of ketones is 1. The predicted octanol–water partition coefficient (Wildman–Crippen LogP) is 3.94. The fraction of sp³-hybridized carbons (Fsp3) is 0.469. The van der Waals surface area contributed by atoms with Crippen LogP contribution in [-0.2, 0) is 36.6 Å². The van der Waals surface area contributed by atoms with Crippen molar-refractivity contribution in [1.29, 1.82) is 0 Å². The van der Waals surface area contributed by atoms with Crippen molar-refractivity contribution in [3.05, 3.63) is 71.9 Å². The van der Waals surface area contributed by atoms with Crippen molar-refractivity contribution >= 4 is 39.0 Å². The van der Waals surface area contributed by atoms with Gasteiger partial charge in [-0.2, -0.15) is 13.2 Å². The number of likely N-dealkylation sites (N-methyl/N-ethyl adjacent to an activating group) is 1. The number of alkyl halides is 3. The topological polar surface area (TPSA) is 140 Å². The molecule has 254 valence electrons. The maximum absolute atomic E-state index is 12.5. The zero-order chi connectivity index (χ0) is 34.3. The highest BCUT2D eigenvalue weighted by Crippen LogP contribution is 2.24. The first-order valence-corrected chi connectivity index (χ1v) is 16.9. The van der Waals surface area contributed by atoms with Crippen molar-refractivity contribution in [2.75, 3.05) is 26.7 Å². The van der Waals surface area contributed by atoms with Crippen LogP contribution in [0.4, 0.5) is 13.2 Å². The molecule has 2 heterocycles. The van der Waals surface area contributed by atoms with Crippen LogP contribution in [0, 0.1) is 5.92 Å². The first-order chi connectivity index (χ1) is 21.8. The lowest BCUT2D eigenvalue weighted by atomic mass is 9.89. The van der Waals surface area contributed by atoms with Gasteiger partial charge < -0.3 is 20.5 Å². The number of amides is 2. The van der Waals surface area contributed by atoms with Gasteiger partial charge in [-0.1, -0.05) is 62.4 Å². The molecule has 3 aromatic rings. The Morgan fingerprint density at radius 1 is 1.04 bits per heavy atom. The second kappa shape index (κ2) is 18.4. The summed E-state index contributed by atoms with van der Waals surface area (Å²) in [6.45, 7) is 8.08. The van der Waals surface area contributed by atoms with Gasteiger partial charge in [0.1, 0.15) is 12.1 Å². The minimum atomic E-state index is -4.98. The number of nitrogens with one attached hydrogen (secondary N) is 4. The number of sulfonamides is 1. The van der Waals surface area contributed by atoms with Gasteiger partial charge in [0.2, 0.25) is 22.3 Å². The summed E-state index contributed by atoms with van der Waals surface area (Å²) in [5.74, 6) is -2.28. The number of carbonyl (C=O) groups excluding carboxylic acids is 3. The van der Waals surface area contributed by atoms with Gasteiger partial charge in [-0.05, 0) is 63.0 Å². The zero-order valence-electron chi connectivity index (χ0n) is 26.6. The van der Waals surface area contributed by atoms with E-state index in [0.29, 0.717) is 17.7 Å². The molecule has 10 nitrogen and oxygen atoms in total. The molecular formula is C32H44F3N5O5S. The number of nitrogens with zero attached hydrogens (tertiary/aromatic N) is 1. The predicted molar refractivity (Wildman–Crippen MR) is 172 cm³/mol. The number of aromatic nitrogens is 1. The summed E-state index contributed by atoms with van der Waals surface area (Å²) in [7, 11) is -1.55. The summed E-state index contributed by atoms with van der Waals surface area (Å²) >= 11 is 0. The molecular weight excluding hydrogens is 623 g/mol. The van der Waals surface area contributed by atoms with Crippen LogP contribution in [0.1, 0.15) is 44.7 Å². The molecule has 1 fully saturated rings. The smallest absolute Gasteiger partial charge is 0.361 e. The molecule has 46 heavy (non-hydrogen) atoms. The highest BCUT2D eigenvalue weighted by molar-refractivity contribution is 7.88. The Morgan fingerprint density at radius 2 is 1.65 bits per heavy atom. The van der Waals surface area contributed by atoms with E-state index in [-0.39, 0.29) is 30.4 Å². The van der Waals surface area contributed by atoms with E-state index in [1.54, 1.807) is 36.4 Å². The van der Waals surface area contributed by atoms with Crippen molar-refractivity contribution in [2.45, 2.75) is 64.0 Å². The quantitative estimate of drug-likeness (QED) is 0.216. The number of carbonyl (C=O) groups is 3. The standard InChI is InChI=1S/C17H27N3O3S.C13H11F3N2O2.C2H6/c1-3-18-17(21)16(15-9-11-20(2)12-10-15)19-24(22,23)13-14-7-5-4-6-8-14;14-13(15,16)12(20)11(18-7-19)5-8-6-17-10-4-2-1-3-9(8)10;1-2/h4-8,15-16,19H,3,9-13H2,1-2H3,(H,18,21);1-4,6-7,11,17H,5H2,(H,18,19);1-2H3. The fourth-order valence-electron chi connectivity index (χ4n) is 5.07. The minimum Gasteiger partial charge on any atom is -0.361 e. The molecule has 4 rings (SSSR count). The number of aromatic amines is 1. The van der Waals surface area contributed by atoms with Crippen molar-refractivity contribution in [3.8, 4) is 0 Å². The zero-order valence-corrected chi connectivity index (χ0v) is 27.4. The van der Waals surface area contributed by atoms with Crippen molar-refractivity contribution in [3.63, 3.8) is 0 Å². The summed E-state index contributed by atoms with van der Waals surface area (Å²) in [6, 6.07) is 13.7. The summed E-state index contributed by atoms with van der Waals surface area (Å²) in [6.07, 6.45) is -1.94. The normalized spacial score (nSPS) is 15.4. The lowest BCUT2D eigenvalue weighted by Gasteiger charge is -2.33. The van der Waals surface area contributed by atoms with Gasteiger partial charge in [0.15, 0.2) is 0 Å². The molecule has 2 aromatic carbocycles. The van der Waals surface area contributed by atoms with E-state index in [9.17, 15) is 36.0 Å². The number of likely N-dealkylation sites (tertiary alicyclic amines) is 1. The highest BCUT2D eigenvalue weighted by atomic mass is 32.2. The highest BCUT2D eigenvalue weighted by Gasteiger charge is 2.43. The summed E-state index contributed by atoms with van der Waals surface area (Å²) in [5.41, 5.74) is 2.01. The van der Waals surface area contributed by atoms with E-state index < -0.39 is 34.1 Å². The molecule has 4 N–H and O–H groups in total. The molecule has 2 amide bonds. The molecule has 0 saturated carbocycles. The Morgan fingerprint density at radius 3 is 2.24 bits per heavy atom. The van der Waals surface area contributed by atoms with Crippen LogP contribution in [0.3, 0.4) is 0 Å². The molecule has 1 aromatic heterocycles. The largest absolute Gasteiger partial charge is 0.452 e. The number of hydrogen-bond donors (Lipinski definition) is 4. The molecule has 0 radical (unpaired) electrons. The van der Waals surface area contributed by atoms with Gasteiger partial charge in [-0.15, -0.1) is 0 Å². The number of para-hydroxylation sites is 1. The van der Waals surface area contributed by atoms with Crippen LogP contribution >= 0.6 is 0 Å². The molecule has 0 spiro atoms. The maximum Gasteiger partial charge on any atom is 0.452 e. The lowest BCUT2D eigenvalue weighted by molar-refractivity contribution is -0.173. The van der Waals surface area contributed by atoms with E-state index in [4.69, 9.17) is 0 Å².